The number of aromatic carboxylic acids is 1. The van der Waals surface area contributed by atoms with Gasteiger partial charge in [-0.05, 0) is 48.5 Å². The summed E-state index contributed by atoms with van der Waals surface area (Å²) >= 11 is 0. The molecule has 5 nitrogen and oxygen atoms in total. The lowest BCUT2D eigenvalue weighted by molar-refractivity contribution is -0.137. The molecule has 3 rings (SSSR count). The molecule has 1 aliphatic rings. The molecule has 2 aromatic carbocycles. The minimum Gasteiger partial charge on any atom is -0.489 e. The Kier molecular flexibility index (Phi) is 5.45. The Balaban J connectivity index is 1.72. The van der Waals surface area contributed by atoms with Crippen LogP contribution in [-0.2, 0) is 6.18 Å². The van der Waals surface area contributed by atoms with Gasteiger partial charge in [-0.3, -0.25) is 0 Å². The van der Waals surface area contributed by atoms with Crippen LogP contribution in [0.15, 0.2) is 48.5 Å². The van der Waals surface area contributed by atoms with Crippen LogP contribution >= 0.6 is 0 Å². The molecule has 0 spiro atoms. The van der Waals surface area contributed by atoms with E-state index in [0.717, 1.165) is 17.8 Å². The van der Waals surface area contributed by atoms with Crippen LogP contribution in [0.5, 0.6) is 5.75 Å². The molecule has 1 N–H and O–H groups in total. The van der Waals surface area contributed by atoms with Gasteiger partial charge in [0.15, 0.2) is 0 Å². The molecular weight excluding hydrogens is 373 g/mol. The van der Waals surface area contributed by atoms with Crippen LogP contribution in [0.2, 0.25) is 0 Å². The first-order valence-corrected chi connectivity index (χ1v) is 8.59. The highest BCUT2D eigenvalue weighted by molar-refractivity contribution is 5.88. The van der Waals surface area contributed by atoms with Crippen molar-refractivity contribution >= 4 is 11.7 Å². The van der Waals surface area contributed by atoms with Crippen molar-refractivity contribution in [3.63, 3.8) is 0 Å². The molecule has 0 saturated carbocycles. The predicted octanol–water partition coefficient (Wildman–Crippen LogP) is 4.34. The number of halogens is 3. The fraction of sp³-hybridized carbons (Fsp3) is 0.300. The Morgan fingerprint density at radius 3 is 2.36 bits per heavy atom. The summed E-state index contributed by atoms with van der Waals surface area (Å²) in [7, 11) is 0. The molecule has 8 heteroatoms. The highest BCUT2D eigenvalue weighted by atomic mass is 19.4. The molecular formula is C20H17F3N2O3. The van der Waals surface area contributed by atoms with Gasteiger partial charge in [0.2, 0.25) is 0 Å². The zero-order valence-electron chi connectivity index (χ0n) is 14.7. The molecule has 0 aliphatic carbocycles. The van der Waals surface area contributed by atoms with Crippen molar-refractivity contribution in [1.82, 2.24) is 0 Å². The molecule has 146 valence electrons. The van der Waals surface area contributed by atoms with E-state index in [4.69, 9.17) is 15.1 Å². The van der Waals surface area contributed by atoms with Gasteiger partial charge in [0.05, 0.1) is 30.2 Å². The molecule has 0 aromatic heterocycles. The second-order valence-corrected chi connectivity index (χ2v) is 6.52. The van der Waals surface area contributed by atoms with Gasteiger partial charge in [0, 0.05) is 18.2 Å². The number of carboxylic acids is 1. The average molecular weight is 390 g/mol. The number of carbonyl (C=O) groups is 1. The lowest BCUT2D eigenvalue weighted by Gasteiger charge is -2.24. The standard InChI is InChI=1S/C20H17F3N2O3/c21-20(22,23)14-3-7-17(8-4-14)28-18-11-16(9-10-24)25(12-18)15-5-1-13(2-6-15)19(26)27/h1-8,16,18H,9,11-12H2,(H,26,27)/t16-,18-/m1/s1. The average Bonchev–Trinajstić information content (AvgIpc) is 3.04. The molecule has 1 aliphatic heterocycles. The van der Waals surface area contributed by atoms with Gasteiger partial charge >= 0.3 is 12.1 Å². The first-order chi connectivity index (χ1) is 13.3. The number of rotatable bonds is 5. The summed E-state index contributed by atoms with van der Waals surface area (Å²) in [4.78, 5) is 13.0. The zero-order valence-corrected chi connectivity index (χ0v) is 14.7. The fourth-order valence-electron chi connectivity index (χ4n) is 3.28. The van der Waals surface area contributed by atoms with Crippen molar-refractivity contribution < 1.29 is 27.8 Å². The van der Waals surface area contributed by atoms with Crippen LogP contribution in [0.3, 0.4) is 0 Å². The van der Waals surface area contributed by atoms with Crippen LogP contribution in [0, 0.1) is 11.3 Å². The molecule has 0 amide bonds. The largest absolute Gasteiger partial charge is 0.489 e. The number of anilines is 1. The van der Waals surface area contributed by atoms with E-state index in [-0.39, 0.29) is 24.1 Å². The molecule has 1 heterocycles. The van der Waals surface area contributed by atoms with Crippen molar-refractivity contribution in [2.45, 2.75) is 31.2 Å². The number of hydrogen-bond donors (Lipinski definition) is 1. The summed E-state index contributed by atoms with van der Waals surface area (Å²) in [5.74, 6) is -0.693. The first kappa shape index (κ1) is 19.5. The minimum absolute atomic E-state index is 0.125. The SMILES string of the molecule is N#CC[C@@H]1C[C@@H](Oc2ccc(C(F)(F)F)cc2)CN1c1ccc(C(=O)O)cc1. The monoisotopic (exact) mass is 390 g/mol. The third kappa shape index (κ3) is 4.36. The maximum Gasteiger partial charge on any atom is 0.416 e. The minimum atomic E-state index is -4.40. The van der Waals surface area contributed by atoms with Gasteiger partial charge < -0.3 is 14.7 Å². The Morgan fingerprint density at radius 1 is 1.18 bits per heavy atom. The Labute approximate surface area is 159 Å². The van der Waals surface area contributed by atoms with Crippen LogP contribution in [0.25, 0.3) is 0 Å². The van der Waals surface area contributed by atoms with E-state index in [9.17, 15) is 18.0 Å². The van der Waals surface area contributed by atoms with Gasteiger partial charge in [-0.15, -0.1) is 0 Å². The van der Waals surface area contributed by atoms with Crippen molar-refractivity contribution in [3.05, 3.63) is 59.7 Å². The van der Waals surface area contributed by atoms with Crippen molar-refractivity contribution in [3.8, 4) is 11.8 Å². The number of carboxylic acid groups (broad SMARTS) is 1. The van der Waals surface area contributed by atoms with Crippen LogP contribution in [0.4, 0.5) is 18.9 Å². The number of alkyl halides is 3. The summed E-state index contributed by atoms with van der Waals surface area (Å²) in [6, 6.07) is 12.9. The summed E-state index contributed by atoms with van der Waals surface area (Å²) in [6.07, 6.45) is -3.90. The zero-order chi connectivity index (χ0) is 20.3. The normalized spacial score (nSPS) is 19.3. The Morgan fingerprint density at radius 2 is 1.82 bits per heavy atom. The summed E-state index contributed by atoms with van der Waals surface area (Å²) in [6.45, 7) is 0.444. The third-order valence-corrected chi connectivity index (χ3v) is 4.63. The van der Waals surface area contributed by atoms with Crippen LogP contribution < -0.4 is 9.64 Å². The van der Waals surface area contributed by atoms with Gasteiger partial charge in [-0.2, -0.15) is 18.4 Å². The Hall–Kier alpha value is -3.21. The van der Waals surface area contributed by atoms with E-state index in [1.54, 1.807) is 12.1 Å². The number of hydrogen-bond acceptors (Lipinski definition) is 4. The smallest absolute Gasteiger partial charge is 0.416 e. The molecule has 2 atom stereocenters. The van der Waals surface area contributed by atoms with E-state index in [0.29, 0.717) is 18.7 Å². The highest BCUT2D eigenvalue weighted by Gasteiger charge is 2.34. The van der Waals surface area contributed by atoms with Crippen LogP contribution in [0.1, 0.15) is 28.8 Å². The van der Waals surface area contributed by atoms with E-state index >= 15 is 0 Å². The highest BCUT2D eigenvalue weighted by Crippen LogP contribution is 2.33. The Bertz CT molecular complexity index is 874. The fourth-order valence-corrected chi connectivity index (χ4v) is 3.28. The second kappa shape index (κ2) is 7.80. The van der Waals surface area contributed by atoms with E-state index in [1.807, 2.05) is 4.90 Å². The number of nitriles is 1. The summed E-state index contributed by atoms with van der Waals surface area (Å²) < 4.78 is 43.8. The lowest BCUT2D eigenvalue weighted by Crippen LogP contribution is -2.29. The maximum atomic E-state index is 12.7. The quantitative estimate of drug-likeness (QED) is 0.822. The predicted molar refractivity (Wildman–Crippen MR) is 95.2 cm³/mol. The molecule has 2 aromatic rings. The number of benzene rings is 2. The van der Waals surface area contributed by atoms with Crippen molar-refractivity contribution in [1.29, 1.82) is 5.26 Å². The summed E-state index contributed by atoms with van der Waals surface area (Å²) in [5, 5.41) is 18.1. The molecule has 28 heavy (non-hydrogen) atoms. The van der Waals surface area contributed by atoms with Crippen molar-refractivity contribution in [2.75, 3.05) is 11.4 Å². The van der Waals surface area contributed by atoms with Gasteiger partial charge in [-0.1, -0.05) is 0 Å². The molecule has 1 fully saturated rings. The van der Waals surface area contributed by atoms with Gasteiger partial charge in [0.25, 0.3) is 0 Å². The maximum absolute atomic E-state index is 12.7. The topological polar surface area (TPSA) is 73.6 Å². The molecule has 0 bridgehead atoms. The van der Waals surface area contributed by atoms with Gasteiger partial charge in [-0.25, -0.2) is 4.79 Å². The third-order valence-electron chi connectivity index (χ3n) is 4.63. The molecule has 0 unspecified atom stereocenters. The first-order valence-electron chi connectivity index (χ1n) is 8.59. The second-order valence-electron chi connectivity index (χ2n) is 6.52. The molecule has 1 saturated heterocycles. The lowest BCUT2D eigenvalue weighted by atomic mass is 10.1. The van der Waals surface area contributed by atoms with Crippen molar-refractivity contribution in [2.24, 2.45) is 0 Å². The van der Waals surface area contributed by atoms with Gasteiger partial charge in [0.1, 0.15) is 11.9 Å². The number of nitrogens with zero attached hydrogens (tertiary/aromatic N) is 2. The van der Waals surface area contributed by atoms with E-state index in [1.165, 1.54) is 24.3 Å². The molecule has 0 radical (unpaired) electrons. The van der Waals surface area contributed by atoms with E-state index < -0.39 is 17.7 Å². The van der Waals surface area contributed by atoms with Crippen LogP contribution in [-0.4, -0.2) is 29.8 Å². The number of ether oxygens (including phenoxy) is 1. The summed E-state index contributed by atoms with van der Waals surface area (Å²) in [5.41, 5.74) is 0.190. The van der Waals surface area contributed by atoms with E-state index in [2.05, 4.69) is 6.07 Å².